The van der Waals surface area contributed by atoms with Gasteiger partial charge < -0.3 is 15.2 Å². The quantitative estimate of drug-likeness (QED) is 0.911. The van der Waals surface area contributed by atoms with E-state index < -0.39 is 0 Å². The topological polar surface area (TPSA) is 44.5 Å². The Balaban J connectivity index is 2.11. The minimum atomic E-state index is -0.293. The highest BCUT2D eigenvalue weighted by molar-refractivity contribution is 5.36. The normalized spacial score (nSPS) is 25.1. The van der Waals surface area contributed by atoms with Crippen LogP contribution in [0.1, 0.15) is 44.2 Å². The smallest absolute Gasteiger partial charge is 0.127 e. The maximum Gasteiger partial charge on any atom is 0.127 e. The molecular formula is C15H22FNO2. The largest absolute Gasteiger partial charge is 0.490 e. The standard InChI is InChI=1S/C15H22FNO2/c1-10(17)14-7-6-11(16)8-15(14)19-13-5-3-4-12(9-13)18-2/h6-8,10,12-13H,3-5,9,17H2,1-2H3. The summed E-state index contributed by atoms with van der Waals surface area (Å²) in [5.74, 6) is 0.273. The van der Waals surface area contributed by atoms with Crippen LogP contribution >= 0.6 is 0 Å². The fraction of sp³-hybridized carbons (Fsp3) is 0.600. The van der Waals surface area contributed by atoms with Crippen molar-refractivity contribution in [2.45, 2.75) is 50.9 Å². The molecule has 0 bridgehead atoms. The Kier molecular flexibility index (Phi) is 4.77. The van der Waals surface area contributed by atoms with Crippen LogP contribution in [-0.4, -0.2) is 19.3 Å². The van der Waals surface area contributed by atoms with Gasteiger partial charge in [0, 0.05) is 31.2 Å². The van der Waals surface area contributed by atoms with E-state index in [1.165, 1.54) is 12.1 Å². The summed E-state index contributed by atoms with van der Waals surface area (Å²) in [4.78, 5) is 0. The van der Waals surface area contributed by atoms with Crippen molar-refractivity contribution in [3.63, 3.8) is 0 Å². The fourth-order valence-electron chi connectivity index (χ4n) is 2.59. The summed E-state index contributed by atoms with van der Waals surface area (Å²) in [6.45, 7) is 1.87. The van der Waals surface area contributed by atoms with Gasteiger partial charge in [0.1, 0.15) is 17.7 Å². The summed E-state index contributed by atoms with van der Waals surface area (Å²) in [5, 5.41) is 0. The number of nitrogens with two attached hydrogens (primary N) is 1. The maximum atomic E-state index is 13.4. The molecule has 3 unspecified atom stereocenters. The molecule has 1 saturated carbocycles. The second-order valence-electron chi connectivity index (χ2n) is 5.23. The van der Waals surface area contributed by atoms with Crippen LogP contribution in [0.15, 0.2) is 18.2 Å². The van der Waals surface area contributed by atoms with Gasteiger partial charge in [0.05, 0.1) is 6.10 Å². The van der Waals surface area contributed by atoms with Crippen LogP contribution in [0, 0.1) is 5.82 Å². The average Bonchev–Trinajstić information content (AvgIpc) is 2.38. The maximum absolute atomic E-state index is 13.4. The Morgan fingerprint density at radius 1 is 1.32 bits per heavy atom. The van der Waals surface area contributed by atoms with Crippen LogP contribution in [0.3, 0.4) is 0 Å². The van der Waals surface area contributed by atoms with Crippen LogP contribution in [0.2, 0.25) is 0 Å². The van der Waals surface area contributed by atoms with Crippen molar-refractivity contribution in [2.75, 3.05) is 7.11 Å². The minimum absolute atomic E-state index is 0.0815. The Morgan fingerprint density at radius 2 is 2.05 bits per heavy atom. The molecule has 1 fully saturated rings. The Hall–Kier alpha value is -1.13. The molecule has 2 rings (SSSR count). The molecule has 1 aromatic rings. The number of rotatable bonds is 4. The third kappa shape index (κ3) is 3.67. The van der Waals surface area contributed by atoms with E-state index in [1.54, 1.807) is 13.2 Å². The molecule has 0 heterocycles. The van der Waals surface area contributed by atoms with Crippen LogP contribution in [0.4, 0.5) is 4.39 Å². The fourth-order valence-corrected chi connectivity index (χ4v) is 2.59. The molecule has 19 heavy (non-hydrogen) atoms. The molecule has 3 atom stereocenters. The molecule has 2 N–H and O–H groups in total. The molecular weight excluding hydrogens is 245 g/mol. The predicted octanol–water partition coefficient (Wildman–Crippen LogP) is 3.18. The van der Waals surface area contributed by atoms with Crippen molar-refractivity contribution in [1.82, 2.24) is 0 Å². The lowest BCUT2D eigenvalue weighted by molar-refractivity contribution is 0.0205. The first-order chi connectivity index (χ1) is 9.10. The molecule has 0 saturated heterocycles. The molecule has 1 aromatic carbocycles. The molecule has 0 amide bonds. The third-order valence-corrected chi connectivity index (χ3v) is 3.67. The van der Waals surface area contributed by atoms with Crippen molar-refractivity contribution in [3.05, 3.63) is 29.6 Å². The van der Waals surface area contributed by atoms with Gasteiger partial charge in [-0.15, -0.1) is 0 Å². The Morgan fingerprint density at radius 3 is 2.74 bits per heavy atom. The van der Waals surface area contributed by atoms with E-state index in [2.05, 4.69) is 0 Å². The molecule has 0 aliphatic heterocycles. The first-order valence-corrected chi connectivity index (χ1v) is 6.84. The third-order valence-electron chi connectivity index (χ3n) is 3.67. The predicted molar refractivity (Wildman–Crippen MR) is 72.7 cm³/mol. The molecule has 3 nitrogen and oxygen atoms in total. The van der Waals surface area contributed by atoms with Gasteiger partial charge in [0.25, 0.3) is 0 Å². The number of ether oxygens (including phenoxy) is 2. The van der Waals surface area contributed by atoms with E-state index in [1.807, 2.05) is 6.92 Å². The molecule has 1 aliphatic carbocycles. The highest BCUT2D eigenvalue weighted by atomic mass is 19.1. The number of methoxy groups -OCH3 is 1. The lowest BCUT2D eigenvalue weighted by Gasteiger charge is -2.29. The summed E-state index contributed by atoms with van der Waals surface area (Å²) in [6.07, 6.45) is 4.30. The summed E-state index contributed by atoms with van der Waals surface area (Å²) < 4.78 is 24.7. The zero-order chi connectivity index (χ0) is 13.8. The van der Waals surface area contributed by atoms with E-state index >= 15 is 0 Å². The SMILES string of the molecule is COC1CCCC(Oc2cc(F)ccc2C(C)N)C1. The van der Waals surface area contributed by atoms with E-state index in [-0.39, 0.29) is 24.1 Å². The first kappa shape index (κ1) is 14.3. The molecule has 4 heteroatoms. The van der Waals surface area contributed by atoms with Crippen LogP contribution in [0.5, 0.6) is 5.75 Å². The van der Waals surface area contributed by atoms with Crippen molar-refractivity contribution < 1.29 is 13.9 Å². The van der Waals surface area contributed by atoms with Gasteiger partial charge in [0.2, 0.25) is 0 Å². The molecule has 0 aromatic heterocycles. The highest BCUT2D eigenvalue weighted by Crippen LogP contribution is 2.30. The van der Waals surface area contributed by atoms with Crippen molar-refractivity contribution in [3.8, 4) is 5.75 Å². The first-order valence-electron chi connectivity index (χ1n) is 6.84. The molecule has 0 spiro atoms. The average molecular weight is 267 g/mol. The summed E-state index contributed by atoms with van der Waals surface area (Å²) in [7, 11) is 1.72. The van der Waals surface area contributed by atoms with Gasteiger partial charge >= 0.3 is 0 Å². The van der Waals surface area contributed by atoms with Crippen LogP contribution in [-0.2, 0) is 4.74 Å². The van der Waals surface area contributed by atoms with Gasteiger partial charge in [0.15, 0.2) is 0 Å². The summed E-state index contributed by atoms with van der Waals surface area (Å²) in [6, 6.07) is 4.38. The van der Waals surface area contributed by atoms with Gasteiger partial charge in [-0.3, -0.25) is 0 Å². The Labute approximate surface area is 113 Å². The van der Waals surface area contributed by atoms with Gasteiger partial charge in [-0.25, -0.2) is 4.39 Å². The molecule has 0 radical (unpaired) electrons. The number of hydrogen-bond acceptors (Lipinski definition) is 3. The highest BCUT2D eigenvalue weighted by Gasteiger charge is 2.24. The van der Waals surface area contributed by atoms with E-state index in [0.717, 1.165) is 31.2 Å². The van der Waals surface area contributed by atoms with Crippen molar-refractivity contribution >= 4 is 0 Å². The van der Waals surface area contributed by atoms with Gasteiger partial charge in [-0.2, -0.15) is 0 Å². The molecule has 1 aliphatic rings. The van der Waals surface area contributed by atoms with Crippen LogP contribution < -0.4 is 10.5 Å². The van der Waals surface area contributed by atoms with Gasteiger partial charge in [-0.1, -0.05) is 6.07 Å². The second-order valence-corrected chi connectivity index (χ2v) is 5.23. The molecule has 106 valence electrons. The monoisotopic (exact) mass is 267 g/mol. The summed E-state index contributed by atoms with van der Waals surface area (Å²) >= 11 is 0. The van der Waals surface area contributed by atoms with E-state index in [9.17, 15) is 4.39 Å². The lowest BCUT2D eigenvalue weighted by atomic mass is 9.94. The number of hydrogen-bond donors (Lipinski definition) is 1. The Bertz CT molecular complexity index is 423. The van der Waals surface area contributed by atoms with Gasteiger partial charge in [-0.05, 0) is 32.3 Å². The van der Waals surface area contributed by atoms with E-state index in [0.29, 0.717) is 5.75 Å². The second kappa shape index (κ2) is 6.35. The van der Waals surface area contributed by atoms with Crippen molar-refractivity contribution in [2.24, 2.45) is 5.73 Å². The number of benzene rings is 1. The minimum Gasteiger partial charge on any atom is -0.490 e. The lowest BCUT2D eigenvalue weighted by Crippen LogP contribution is -2.30. The van der Waals surface area contributed by atoms with Crippen LogP contribution in [0.25, 0.3) is 0 Å². The van der Waals surface area contributed by atoms with E-state index in [4.69, 9.17) is 15.2 Å². The summed E-state index contributed by atoms with van der Waals surface area (Å²) in [5.41, 5.74) is 6.74. The van der Waals surface area contributed by atoms with Crippen molar-refractivity contribution in [1.29, 1.82) is 0 Å². The zero-order valence-electron chi connectivity index (χ0n) is 11.6. The zero-order valence-corrected chi connectivity index (χ0v) is 11.6. The number of halogens is 1.